The van der Waals surface area contributed by atoms with Gasteiger partial charge in [-0.05, 0) is 30.2 Å². The van der Waals surface area contributed by atoms with Crippen molar-refractivity contribution in [1.29, 1.82) is 0 Å². The molecule has 0 aliphatic carbocycles. The maximum absolute atomic E-state index is 12.0. The van der Waals surface area contributed by atoms with Crippen LogP contribution in [0.4, 0.5) is 0 Å². The van der Waals surface area contributed by atoms with E-state index in [1.807, 2.05) is 54.6 Å². The number of hydrogen-bond acceptors (Lipinski definition) is 3. The second-order valence-electron chi connectivity index (χ2n) is 5.14. The first-order valence-corrected chi connectivity index (χ1v) is 8.30. The molecule has 0 bridgehead atoms. The Balaban J connectivity index is 1.82. The summed E-state index contributed by atoms with van der Waals surface area (Å²) in [6.07, 6.45) is 2.09. The number of esters is 1. The fraction of sp³-hybridized carbons (Fsp3) is 0.158. The smallest absolute Gasteiger partial charge is 0.331 e. The van der Waals surface area contributed by atoms with Gasteiger partial charge in [0.25, 0.3) is 5.91 Å². The van der Waals surface area contributed by atoms with Crippen molar-refractivity contribution in [2.75, 3.05) is 0 Å². The fourth-order valence-corrected chi connectivity index (χ4v) is 2.38. The lowest BCUT2D eigenvalue weighted by Gasteiger charge is -2.12. The molecule has 2 aromatic rings. The van der Waals surface area contributed by atoms with Crippen molar-refractivity contribution in [2.24, 2.45) is 0 Å². The highest BCUT2D eigenvalue weighted by atomic mass is 79.9. The van der Waals surface area contributed by atoms with Crippen LogP contribution in [0.3, 0.4) is 0 Å². The molecule has 1 N–H and O–H groups in total. The van der Waals surface area contributed by atoms with Crippen LogP contribution < -0.4 is 5.32 Å². The topological polar surface area (TPSA) is 55.4 Å². The molecule has 0 spiro atoms. The number of carbonyl (C=O) groups is 2. The van der Waals surface area contributed by atoms with E-state index in [2.05, 4.69) is 21.2 Å². The molecule has 2 aromatic carbocycles. The second kappa shape index (κ2) is 9.03. The lowest BCUT2D eigenvalue weighted by atomic mass is 10.2. The van der Waals surface area contributed by atoms with Crippen LogP contribution in [-0.2, 0) is 20.9 Å². The largest absolute Gasteiger partial charge is 0.449 e. The quantitative estimate of drug-likeness (QED) is 0.606. The molecule has 124 valence electrons. The van der Waals surface area contributed by atoms with Crippen LogP contribution in [0.15, 0.2) is 65.1 Å². The minimum atomic E-state index is -0.856. The number of carbonyl (C=O) groups excluding carboxylic acids is 2. The van der Waals surface area contributed by atoms with E-state index in [4.69, 9.17) is 4.74 Å². The van der Waals surface area contributed by atoms with Crippen molar-refractivity contribution in [3.05, 3.63) is 76.3 Å². The van der Waals surface area contributed by atoms with Gasteiger partial charge in [0.15, 0.2) is 6.10 Å². The first kappa shape index (κ1) is 17.9. The average Bonchev–Trinajstić information content (AvgIpc) is 2.59. The lowest BCUT2D eigenvalue weighted by molar-refractivity contribution is -0.150. The van der Waals surface area contributed by atoms with Crippen LogP contribution in [0.5, 0.6) is 0 Å². The Kier molecular flexibility index (Phi) is 6.75. The standard InChI is InChI=1S/C19H18BrNO3/c1-14(19(23)21-13-15-7-3-2-4-8-15)24-18(22)12-11-16-9-5-6-10-17(16)20/h2-12,14H,13H2,1H3,(H,21,23)/b12-11+/t14-/m1/s1. The molecule has 0 aromatic heterocycles. The summed E-state index contributed by atoms with van der Waals surface area (Å²) < 4.78 is 5.99. The Hall–Kier alpha value is -2.40. The number of benzene rings is 2. The van der Waals surface area contributed by atoms with Crippen molar-refractivity contribution in [1.82, 2.24) is 5.32 Å². The molecule has 0 radical (unpaired) electrons. The maximum Gasteiger partial charge on any atom is 0.331 e. The third-order valence-corrected chi connectivity index (χ3v) is 4.00. The highest BCUT2D eigenvalue weighted by Gasteiger charge is 2.16. The highest BCUT2D eigenvalue weighted by Crippen LogP contribution is 2.17. The first-order valence-electron chi connectivity index (χ1n) is 7.51. The summed E-state index contributed by atoms with van der Waals surface area (Å²) in [5.74, 6) is -0.894. The Labute approximate surface area is 149 Å². The predicted octanol–water partition coefficient (Wildman–Crippen LogP) is 3.71. The number of hydrogen-bond donors (Lipinski definition) is 1. The van der Waals surface area contributed by atoms with Gasteiger partial charge in [0.05, 0.1) is 0 Å². The predicted molar refractivity (Wildman–Crippen MR) is 97.0 cm³/mol. The lowest BCUT2D eigenvalue weighted by Crippen LogP contribution is -2.35. The van der Waals surface area contributed by atoms with E-state index in [0.717, 1.165) is 15.6 Å². The summed E-state index contributed by atoms with van der Waals surface area (Å²) >= 11 is 3.40. The summed E-state index contributed by atoms with van der Waals surface area (Å²) in [4.78, 5) is 23.8. The van der Waals surface area contributed by atoms with Gasteiger partial charge >= 0.3 is 5.97 Å². The van der Waals surface area contributed by atoms with Crippen LogP contribution in [0.1, 0.15) is 18.1 Å². The van der Waals surface area contributed by atoms with E-state index in [0.29, 0.717) is 6.54 Å². The number of rotatable bonds is 6. The second-order valence-corrected chi connectivity index (χ2v) is 5.99. The zero-order valence-electron chi connectivity index (χ0n) is 13.2. The van der Waals surface area contributed by atoms with Crippen molar-refractivity contribution in [2.45, 2.75) is 19.6 Å². The summed E-state index contributed by atoms with van der Waals surface area (Å²) in [5.41, 5.74) is 1.84. The maximum atomic E-state index is 12.0. The molecule has 5 heteroatoms. The zero-order valence-corrected chi connectivity index (χ0v) is 14.8. The van der Waals surface area contributed by atoms with Crippen LogP contribution in [0, 0.1) is 0 Å². The van der Waals surface area contributed by atoms with Crippen LogP contribution in [-0.4, -0.2) is 18.0 Å². The minimum absolute atomic E-state index is 0.332. The number of amides is 1. The summed E-state index contributed by atoms with van der Waals surface area (Å²) in [7, 11) is 0. The van der Waals surface area contributed by atoms with Crippen LogP contribution >= 0.6 is 15.9 Å². The summed E-state index contributed by atoms with van der Waals surface area (Å²) in [5, 5.41) is 2.74. The van der Waals surface area contributed by atoms with Crippen molar-refractivity contribution >= 4 is 33.9 Å². The van der Waals surface area contributed by atoms with E-state index >= 15 is 0 Å². The van der Waals surface area contributed by atoms with E-state index in [-0.39, 0.29) is 5.91 Å². The van der Waals surface area contributed by atoms with Gasteiger partial charge in [-0.15, -0.1) is 0 Å². The van der Waals surface area contributed by atoms with Crippen molar-refractivity contribution < 1.29 is 14.3 Å². The molecule has 0 aliphatic rings. The minimum Gasteiger partial charge on any atom is -0.449 e. The number of ether oxygens (including phenoxy) is 1. The number of nitrogens with one attached hydrogen (secondary N) is 1. The molecule has 0 saturated heterocycles. The molecule has 1 atom stereocenters. The zero-order chi connectivity index (χ0) is 17.4. The van der Waals surface area contributed by atoms with Gasteiger partial charge in [-0.1, -0.05) is 64.5 Å². The molecule has 0 saturated carbocycles. The highest BCUT2D eigenvalue weighted by molar-refractivity contribution is 9.10. The molecule has 4 nitrogen and oxygen atoms in total. The van der Waals surface area contributed by atoms with E-state index in [1.54, 1.807) is 13.0 Å². The van der Waals surface area contributed by atoms with Crippen LogP contribution in [0.2, 0.25) is 0 Å². The van der Waals surface area contributed by atoms with Gasteiger partial charge in [0, 0.05) is 17.1 Å². The van der Waals surface area contributed by atoms with Crippen molar-refractivity contribution in [3.63, 3.8) is 0 Å². The Morgan fingerprint density at radius 2 is 1.79 bits per heavy atom. The normalized spacial score (nSPS) is 11.9. The van der Waals surface area contributed by atoms with Gasteiger partial charge in [-0.3, -0.25) is 4.79 Å². The third kappa shape index (κ3) is 5.66. The molecule has 0 fully saturated rings. The number of halogens is 1. The van der Waals surface area contributed by atoms with Gasteiger partial charge in [-0.2, -0.15) is 0 Å². The van der Waals surface area contributed by atoms with Gasteiger partial charge in [0.2, 0.25) is 0 Å². The average molecular weight is 388 g/mol. The molecular weight excluding hydrogens is 370 g/mol. The Morgan fingerprint density at radius 3 is 2.50 bits per heavy atom. The van der Waals surface area contributed by atoms with Gasteiger partial charge < -0.3 is 10.1 Å². The summed E-state index contributed by atoms with van der Waals surface area (Å²) in [6.45, 7) is 1.94. The van der Waals surface area contributed by atoms with Crippen LogP contribution in [0.25, 0.3) is 6.08 Å². The molecule has 0 heterocycles. The third-order valence-electron chi connectivity index (χ3n) is 3.28. The van der Waals surface area contributed by atoms with E-state index < -0.39 is 12.1 Å². The van der Waals surface area contributed by atoms with Crippen molar-refractivity contribution in [3.8, 4) is 0 Å². The monoisotopic (exact) mass is 387 g/mol. The fourth-order valence-electron chi connectivity index (χ4n) is 1.96. The Bertz CT molecular complexity index is 728. The first-order chi connectivity index (χ1) is 11.6. The molecule has 2 rings (SSSR count). The van der Waals surface area contributed by atoms with Gasteiger partial charge in [0.1, 0.15) is 0 Å². The molecule has 0 unspecified atom stereocenters. The van der Waals surface area contributed by atoms with E-state index in [1.165, 1.54) is 6.08 Å². The molecular formula is C19H18BrNO3. The summed E-state index contributed by atoms with van der Waals surface area (Å²) in [6, 6.07) is 17.0. The van der Waals surface area contributed by atoms with E-state index in [9.17, 15) is 9.59 Å². The molecule has 24 heavy (non-hydrogen) atoms. The Morgan fingerprint density at radius 1 is 1.12 bits per heavy atom. The molecule has 0 aliphatic heterocycles. The SMILES string of the molecule is C[C@@H](OC(=O)/C=C/c1ccccc1Br)C(=O)NCc1ccccc1. The molecule has 1 amide bonds. The van der Waals surface area contributed by atoms with Gasteiger partial charge in [-0.25, -0.2) is 4.79 Å².